The summed E-state index contributed by atoms with van der Waals surface area (Å²) in [5, 5.41) is 16.1. The lowest BCUT2D eigenvalue weighted by molar-refractivity contribution is -0.122. The van der Waals surface area contributed by atoms with E-state index < -0.39 is 5.97 Å². The van der Waals surface area contributed by atoms with Gasteiger partial charge in [0, 0.05) is 24.3 Å². The largest absolute Gasteiger partial charge is 0.476 e. The Morgan fingerprint density at radius 2 is 1.95 bits per heavy atom. The fourth-order valence-electron chi connectivity index (χ4n) is 1.56. The molecule has 0 aromatic carbocycles. The molecular formula is C13H19N3O4S. The second-order valence-corrected chi connectivity index (χ2v) is 5.73. The van der Waals surface area contributed by atoms with Crippen molar-refractivity contribution in [3.05, 3.63) is 16.1 Å². The van der Waals surface area contributed by atoms with Crippen molar-refractivity contribution in [3.63, 3.8) is 0 Å². The van der Waals surface area contributed by atoms with E-state index in [1.54, 1.807) is 0 Å². The number of amides is 2. The molecule has 0 aliphatic rings. The van der Waals surface area contributed by atoms with Gasteiger partial charge in [-0.2, -0.15) is 0 Å². The lowest BCUT2D eigenvalue weighted by Gasteiger charge is -2.07. The Morgan fingerprint density at radius 3 is 2.52 bits per heavy atom. The van der Waals surface area contributed by atoms with Crippen LogP contribution in [0.5, 0.6) is 0 Å². The molecule has 0 saturated heterocycles. The molecule has 2 amide bonds. The minimum atomic E-state index is -1.08. The number of carbonyl (C=O) groups excluding carboxylic acids is 2. The average Bonchev–Trinajstić information content (AvgIpc) is 2.84. The van der Waals surface area contributed by atoms with Gasteiger partial charge in [0.25, 0.3) is 0 Å². The average molecular weight is 313 g/mol. The maximum atomic E-state index is 11.6. The van der Waals surface area contributed by atoms with Gasteiger partial charge in [0.2, 0.25) is 11.8 Å². The van der Waals surface area contributed by atoms with Gasteiger partial charge in [0.05, 0.1) is 6.54 Å². The van der Waals surface area contributed by atoms with E-state index in [2.05, 4.69) is 15.6 Å². The monoisotopic (exact) mass is 313 g/mol. The van der Waals surface area contributed by atoms with Crippen molar-refractivity contribution < 1.29 is 19.5 Å². The molecule has 1 aromatic heterocycles. The summed E-state index contributed by atoms with van der Waals surface area (Å²) < 4.78 is 0. The highest BCUT2D eigenvalue weighted by molar-refractivity contribution is 7.09. The van der Waals surface area contributed by atoms with Crippen LogP contribution in [-0.4, -0.2) is 33.9 Å². The summed E-state index contributed by atoms with van der Waals surface area (Å²) in [5.41, 5.74) is -0.0189. The van der Waals surface area contributed by atoms with Crippen LogP contribution in [0.2, 0.25) is 0 Å². The molecule has 0 bridgehead atoms. The zero-order valence-corrected chi connectivity index (χ0v) is 12.8. The third kappa shape index (κ3) is 6.84. The Bertz CT molecular complexity index is 513. The van der Waals surface area contributed by atoms with Crippen LogP contribution in [0.15, 0.2) is 5.38 Å². The van der Waals surface area contributed by atoms with Crippen LogP contribution in [0.1, 0.15) is 48.6 Å². The van der Waals surface area contributed by atoms with E-state index >= 15 is 0 Å². The van der Waals surface area contributed by atoms with Gasteiger partial charge in [0.15, 0.2) is 5.69 Å². The van der Waals surface area contributed by atoms with Gasteiger partial charge in [-0.25, -0.2) is 9.78 Å². The molecule has 0 spiro atoms. The topological polar surface area (TPSA) is 108 Å². The molecule has 1 rings (SSSR count). The van der Waals surface area contributed by atoms with Gasteiger partial charge in [-0.15, -0.1) is 11.3 Å². The highest BCUT2D eigenvalue weighted by Crippen LogP contribution is 2.09. The number of aromatic carboxylic acids is 1. The highest BCUT2D eigenvalue weighted by Gasteiger charge is 2.10. The summed E-state index contributed by atoms with van der Waals surface area (Å²) in [7, 11) is 0. The Balaban J connectivity index is 2.21. The molecule has 0 unspecified atom stereocenters. The first-order chi connectivity index (χ1) is 9.88. The summed E-state index contributed by atoms with van der Waals surface area (Å²) in [6, 6.07) is 0.0969. The summed E-state index contributed by atoms with van der Waals surface area (Å²) in [6.07, 6.45) is 1.04. The predicted octanol–water partition coefficient (Wildman–Crippen LogP) is 1.15. The number of carbonyl (C=O) groups is 3. The van der Waals surface area contributed by atoms with Crippen molar-refractivity contribution >= 4 is 29.1 Å². The van der Waals surface area contributed by atoms with E-state index in [0.29, 0.717) is 17.8 Å². The molecule has 0 atom stereocenters. The fraction of sp³-hybridized carbons (Fsp3) is 0.538. The number of nitrogens with zero attached hydrogens (tertiary/aromatic N) is 1. The quantitative estimate of drug-likeness (QED) is 0.667. The third-order valence-electron chi connectivity index (χ3n) is 2.46. The second kappa shape index (κ2) is 8.35. The van der Waals surface area contributed by atoms with Crippen molar-refractivity contribution in [2.75, 3.05) is 0 Å². The number of thiazole rings is 1. The maximum absolute atomic E-state index is 11.6. The number of carboxylic acids is 1. The van der Waals surface area contributed by atoms with Crippen molar-refractivity contribution in [3.8, 4) is 0 Å². The molecule has 0 aliphatic carbocycles. The standard InChI is InChI=1S/C13H19N3O4S/c1-8(2)15-11(18)5-3-4-10(17)14-6-12-16-9(7-21-12)13(19)20/h7-8H,3-6H2,1-2H3,(H,14,17)(H,15,18)(H,19,20). The van der Waals surface area contributed by atoms with Gasteiger partial charge in [-0.1, -0.05) is 0 Å². The lowest BCUT2D eigenvalue weighted by Crippen LogP contribution is -2.30. The minimum absolute atomic E-state index is 0.0189. The number of hydrogen-bond acceptors (Lipinski definition) is 5. The fourth-order valence-corrected chi connectivity index (χ4v) is 2.26. The van der Waals surface area contributed by atoms with Gasteiger partial charge >= 0.3 is 5.97 Å². The summed E-state index contributed by atoms with van der Waals surface area (Å²) in [4.78, 5) is 37.5. The zero-order valence-electron chi connectivity index (χ0n) is 12.0. The first-order valence-electron chi connectivity index (χ1n) is 6.62. The SMILES string of the molecule is CC(C)NC(=O)CCCC(=O)NCc1nc(C(=O)O)cs1. The Labute approximate surface area is 126 Å². The van der Waals surface area contributed by atoms with Crippen LogP contribution >= 0.6 is 11.3 Å². The Kier molecular flexibility index (Phi) is 6.80. The molecule has 1 heterocycles. The number of carboxylic acid groups (broad SMARTS) is 1. The molecule has 1 aromatic rings. The Morgan fingerprint density at radius 1 is 1.29 bits per heavy atom. The molecule has 0 radical (unpaired) electrons. The van der Waals surface area contributed by atoms with E-state index in [0.717, 1.165) is 0 Å². The Hall–Kier alpha value is -1.96. The van der Waals surface area contributed by atoms with Gasteiger partial charge in [0.1, 0.15) is 5.01 Å². The molecule has 7 nitrogen and oxygen atoms in total. The molecule has 8 heteroatoms. The van der Waals surface area contributed by atoms with Crippen LogP contribution in [0, 0.1) is 0 Å². The van der Waals surface area contributed by atoms with Crippen molar-refractivity contribution in [1.29, 1.82) is 0 Å². The predicted molar refractivity (Wildman–Crippen MR) is 78.0 cm³/mol. The number of nitrogens with one attached hydrogen (secondary N) is 2. The summed E-state index contributed by atoms with van der Waals surface area (Å²) >= 11 is 1.18. The van der Waals surface area contributed by atoms with E-state index in [1.165, 1.54) is 16.7 Å². The number of hydrogen-bond donors (Lipinski definition) is 3. The number of rotatable bonds is 8. The van der Waals surface area contributed by atoms with Crippen LogP contribution in [0.4, 0.5) is 0 Å². The number of aromatic nitrogens is 1. The van der Waals surface area contributed by atoms with E-state index in [-0.39, 0.29) is 36.5 Å². The molecular weight excluding hydrogens is 294 g/mol. The van der Waals surface area contributed by atoms with Crippen molar-refractivity contribution in [2.24, 2.45) is 0 Å². The van der Waals surface area contributed by atoms with Crippen LogP contribution < -0.4 is 10.6 Å². The zero-order chi connectivity index (χ0) is 15.8. The molecule has 0 saturated carbocycles. The van der Waals surface area contributed by atoms with Crippen LogP contribution in [0.25, 0.3) is 0 Å². The van der Waals surface area contributed by atoms with Gasteiger partial charge in [-0.05, 0) is 20.3 Å². The first-order valence-corrected chi connectivity index (χ1v) is 7.50. The minimum Gasteiger partial charge on any atom is -0.476 e. The third-order valence-corrected chi connectivity index (χ3v) is 3.31. The molecule has 0 fully saturated rings. The van der Waals surface area contributed by atoms with Crippen LogP contribution in [0.3, 0.4) is 0 Å². The normalized spacial score (nSPS) is 10.4. The summed E-state index contributed by atoms with van der Waals surface area (Å²) in [6.45, 7) is 3.96. The van der Waals surface area contributed by atoms with Gasteiger partial charge in [-0.3, -0.25) is 9.59 Å². The maximum Gasteiger partial charge on any atom is 0.355 e. The van der Waals surface area contributed by atoms with E-state index in [1.807, 2.05) is 13.8 Å². The smallest absolute Gasteiger partial charge is 0.355 e. The summed E-state index contributed by atoms with van der Waals surface area (Å²) in [5.74, 6) is -1.33. The molecule has 116 valence electrons. The first kappa shape index (κ1) is 17.1. The molecule has 3 N–H and O–H groups in total. The highest BCUT2D eigenvalue weighted by atomic mass is 32.1. The molecule has 21 heavy (non-hydrogen) atoms. The van der Waals surface area contributed by atoms with Crippen LogP contribution in [-0.2, 0) is 16.1 Å². The molecule has 0 aliphatic heterocycles. The van der Waals surface area contributed by atoms with E-state index in [9.17, 15) is 14.4 Å². The van der Waals surface area contributed by atoms with Crippen molar-refractivity contribution in [2.45, 2.75) is 45.7 Å². The van der Waals surface area contributed by atoms with E-state index in [4.69, 9.17) is 5.11 Å². The second-order valence-electron chi connectivity index (χ2n) is 4.78. The van der Waals surface area contributed by atoms with Crippen molar-refractivity contribution in [1.82, 2.24) is 15.6 Å². The van der Waals surface area contributed by atoms with Gasteiger partial charge < -0.3 is 15.7 Å². The lowest BCUT2D eigenvalue weighted by atomic mass is 10.2.